The third-order valence-corrected chi connectivity index (χ3v) is 6.37. The summed E-state index contributed by atoms with van der Waals surface area (Å²) in [6, 6.07) is 19.3. The smallest absolute Gasteiger partial charge is 0.275 e. The minimum Gasteiger partial charge on any atom is -0.275 e. The molecule has 138 valence electrons. The van der Waals surface area contributed by atoms with Gasteiger partial charge in [0.15, 0.2) is 14.8 Å². The van der Waals surface area contributed by atoms with Crippen LogP contribution in [0, 0.1) is 22.2 Å². The Morgan fingerprint density at radius 2 is 1.86 bits per heavy atom. The molecule has 0 N–H and O–H groups in total. The molecule has 8 heteroatoms. The van der Waals surface area contributed by atoms with Gasteiger partial charge >= 0.3 is 0 Å². The zero-order valence-corrected chi connectivity index (χ0v) is 17.3. The summed E-state index contributed by atoms with van der Waals surface area (Å²) in [6.07, 6.45) is 0. The summed E-state index contributed by atoms with van der Waals surface area (Å²) in [5, 5.41) is 9.51. The molecule has 4 rings (SSSR count). The first-order valence-corrected chi connectivity index (χ1v) is 10.6. The SMILES string of the molecule is Cc1ccccc1-n1c(=S)sc2c(=O)n(-c3ccccc3)c(SCC#N)nc21. The lowest BCUT2D eigenvalue weighted by Crippen LogP contribution is -2.21. The highest BCUT2D eigenvalue weighted by molar-refractivity contribution is 7.99. The fourth-order valence-electron chi connectivity index (χ4n) is 2.96. The quantitative estimate of drug-likeness (QED) is 0.266. The van der Waals surface area contributed by atoms with E-state index in [0.29, 0.717) is 25.1 Å². The molecule has 0 fully saturated rings. The molecule has 0 aliphatic rings. The number of hydrogen-bond donors (Lipinski definition) is 0. The fourth-order valence-corrected chi connectivity index (χ4v) is 4.92. The predicted octanol–water partition coefficient (Wildman–Crippen LogP) is 4.89. The van der Waals surface area contributed by atoms with E-state index in [-0.39, 0.29) is 11.3 Å². The highest BCUT2D eigenvalue weighted by Crippen LogP contribution is 2.28. The summed E-state index contributed by atoms with van der Waals surface area (Å²) in [5.74, 6) is 0.194. The lowest BCUT2D eigenvalue weighted by molar-refractivity contribution is 0.812. The van der Waals surface area contributed by atoms with E-state index in [1.807, 2.05) is 66.1 Å². The van der Waals surface area contributed by atoms with E-state index in [0.717, 1.165) is 11.3 Å². The van der Waals surface area contributed by atoms with E-state index in [1.54, 1.807) is 4.57 Å². The fraction of sp³-hybridized carbons (Fsp3) is 0.100. The van der Waals surface area contributed by atoms with Crippen LogP contribution in [0.2, 0.25) is 0 Å². The van der Waals surface area contributed by atoms with Crippen LogP contribution in [0.4, 0.5) is 0 Å². The molecule has 5 nitrogen and oxygen atoms in total. The Hall–Kier alpha value is -2.73. The van der Waals surface area contributed by atoms with Crippen LogP contribution in [0.15, 0.2) is 64.5 Å². The van der Waals surface area contributed by atoms with Crippen molar-refractivity contribution in [1.82, 2.24) is 14.1 Å². The number of thioether (sulfide) groups is 1. The minimum atomic E-state index is -0.180. The molecule has 2 aromatic carbocycles. The molecule has 0 atom stereocenters. The summed E-state index contributed by atoms with van der Waals surface area (Å²) in [6.45, 7) is 2.00. The summed E-state index contributed by atoms with van der Waals surface area (Å²) in [5.41, 5.74) is 3.00. The molecule has 0 bridgehead atoms. The van der Waals surface area contributed by atoms with Crippen molar-refractivity contribution >= 4 is 45.7 Å². The van der Waals surface area contributed by atoms with E-state index in [4.69, 9.17) is 22.5 Å². The van der Waals surface area contributed by atoms with Crippen molar-refractivity contribution in [1.29, 1.82) is 5.26 Å². The van der Waals surface area contributed by atoms with Gasteiger partial charge in [-0.15, -0.1) is 0 Å². The minimum absolute atomic E-state index is 0.180. The van der Waals surface area contributed by atoms with Gasteiger partial charge in [-0.2, -0.15) is 5.26 Å². The van der Waals surface area contributed by atoms with Crippen molar-refractivity contribution in [3.8, 4) is 17.4 Å². The molecule has 0 spiro atoms. The lowest BCUT2D eigenvalue weighted by Gasteiger charge is -2.12. The number of aryl methyl sites for hydroxylation is 1. The van der Waals surface area contributed by atoms with Crippen molar-refractivity contribution < 1.29 is 0 Å². The van der Waals surface area contributed by atoms with Crippen molar-refractivity contribution in [2.24, 2.45) is 0 Å². The molecular formula is C20H14N4OS3. The second-order valence-electron chi connectivity index (χ2n) is 5.96. The van der Waals surface area contributed by atoms with Crippen molar-refractivity contribution in [3.63, 3.8) is 0 Å². The molecule has 2 heterocycles. The third-order valence-electron chi connectivity index (χ3n) is 4.21. The molecule has 0 saturated heterocycles. The second-order valence-corrected chi connectivity index (χ2v) is 8.55. The van der Waals surface area contributed by atoms with E-state index >= 15 is 0 Å². The summed E-state index contributed by atoms with van der Waals surface area (Å²) in [7, 11) is 0. The standard InChI is InChI=1S/C20H14N4OS3/c1-13-7-5-6-10-15(13)24-17-16(28-20(24)26)18(25)23(14-8-3-2-4-9-14)19(22-17)27-12-11-21/h2-10H,12H2,1H3. The number of fused-ring (bicyclic) bond motifs is 1. The van der Waals surface area contributed by atoms with Gasteiger partial charge in [0.05, 0.1) is 23.2 Å². The number of nitriles is 1. The Morgan fingerprint density at radius 3 is 2.57 bits per heavy atom. The monoisotopic (exact) mass is 422 g/mol. The number of thiazole rings is 1. The van der Waals surface area contributed by atoms with Crippen molar-refractivity contribution in [3.05, 3.63) is 74.5 Å². The summed E-state index contributed by atoms with van der Waals surface area (Å²) < 4.78 is 4.46. The Kier molecular flexibility index (Phi) is 5.13. The average molecular weight is 423 g/mol. The van der Waals surface area contributed by atoms with Gasteiger partial charge < -0.3 is 0 Å². The van der Waals surface area contributed by atoms with Crippen LogP contribution in [0.5, 0.6) is 0 Å². The molecule has 0 saturated carbocycles. The van der Waals surface area contributed by atoms with E-state index in [9.17, 15) is 4.79 Å². The first kappa shape index (κ1) is 18.6. The van der Waals surface area contributed by atoms with Crippen LogP contribution < -0.4 is 5.56 Å². The number of hydrogen-bond acceptors (Lipinski definition) is 6. The second kappa shape index (κ2) is 7.72. The van der Waals surface area contributed by atoms with E-state index in [2.05, 4.69) is 6.07 Å². The third kappa shape index (κ3) is 3.18. The van der Waals surface area contributed by atoms with Crippen LogP contribution in [0.3, 0.4) is 0 Å². The van der Waals surface area contributed by atoms with Crippen LogP contribution in [0.25, 0.3) is 21.7 Å². The van der Waals surface area contributed by atoms with Gasteiger partial charge in [-0.25, -0.2) is 4.98 Å². The first-order chi connectivity index (χ1) is 13.6. The maximum Gasteiger partial charge on any atom is 0.278 e. The summed E-state index contributed by atoms with van der Waals surface area (Å²) in [4.78, 5) is 18.1. The van der Waals surface area contributed by atoms with Crippen LogP contribution in [0.1, 0.15) is 5.56 Å². The number of benzene rings is 2. The zero-order chi connectivity index (χ0) is 19.7. The number of para-hydroxylation sites is 2. The predicted molar refractivity (Wildman–Crippen MR) is 116 cm³/mol. The average Bonchev–Trinajstić information content (AvgIpc) is 3.04. The normalized spacial score (nSPS) is 10.9. The van der Waals surface area contributed by atoms with Crippen LogP contribution in [-0.2, 0) is 0 Å². The highest BCUT2D eigenvalue weighted by atomic mass is 32.2. The Labute approximate surface area is 174 Å². The largest absolute Gasteiger partial charge is 0.278 e. The zero-order valence-electron chi connectivity index (χ0n) is 14.8. The summed E-state index contributed by atoms with van der Waals surface area (Å²) >= 11 is 8.07. The van der Waals surface area contributed by atoms with Crippen molar-refractivity contribution in [2.45, 2.75) is 12.1 Å². The van der Waals surface area contributed by atoms with Crippen LogP contribution >= 0.6 is 35.3 Å². The van der Waals surface area contributed by atoms with E-state index in [1.165, 1.54) is 23.1 Å². The molecule has 2 aromatic heterocycles. The van der Waals surface area contributed by atoms with Gasteiger partial charge in [-0.1, -0.05) is 59.5 Å². The van der Waals surface area contributed by atoms with E-state index < -0.39 is 0 Å². The van der Waals surface area contributed by atoms with Gasteiger partial charge in [0.2, 0.25) is 0 Å². The van der Waals surface area contributed by atoms with Gasteiger partial charge in [-0.3, -0.25) is 13.9 Å². The lowest BCUT2D eigenvalue weighted by atomic mass is 10.2. The molecular weight excluding hydrogens is 408 g/mol. The molecule has 0 aliphatic heterocycles. The maximum atomic E-state index is 13.4. The van der Waals surface area contributed by atoms with Gasteiger partial charge in [0, 0.05) is 0 Å². The molecule has 0 aliphatic carbocycles. The topological polar surface area (TPSA) is 63.6 Å². The molecule has 4 aromatic rings. The van der Waals surface area contributed by atoms with Crippen molar-refractivity contribution in [2.75, 3.05) is 5.75 Å². The first-order valence-electron chi connectivity index (χ1n) is 8.41. The number of nitrogens with zero attached hydrogens (tertiary/aromatic N) is 4. The van der Waals surface area contributed by atoms with Gasteiger partial charge in [0.25, 0.3) is 5.56 Å². The Morgan fingerprint density at radius 1 is 1.14 bits per heavy atom. The number of aromatic nitrogens is 3. The molecule has 0 amide bonds. The Balaban J connectivity index is 2.08. The molecule has 28 heavy (non-hydrogen) atoms. The maximum absolute atomic E-state index is 13.4. The van der Waals surface area contributed by atoms with Gasteiger partial charge in [0.1, 0.15) is 4.70 Å². The highest BCUT2D eigenvalue weighted by Gasteiger charge is 2.19. The number of rotatable bonds is 4. The molecule has 0 unspecified atom stereocenters. The van der Waals surface area contributed by atoms with Gasteiger partial charge in [-0.05, 0) is 42.9 Å². The Bertz CT molecular complexity index is 1330. The molecule has 0 radical (unpaired) electrons. The van der Waals surface area contributed by atoms with Crippen LogP contribution in [-0.4, -0.2) is 19.9 Å².